The van der Waals surface area contributed by atoms with Crippen LogP contribution in [0.3, 0.4) is 0 Å². The molecular formula is C17H28N4O2. The van der Waals surface area contributed by atoms with E-state index in [0.29, 0.717) is 19.5 Å². The summed E-state index contributed by atoms with van der Waals surface area (Å²) < 4.78 is 0. The maximum atomic E-state index is 12.5. The quantitative estimate of drug-likeness (QED) is 0.717. The second-order valence-corrected chi connectivity index (χ2v) is 6.60. The van der Waals surface area contributed by atoms with Crippen molar-refractivity contribution in [3.8, 4) is 6.07 Å². The number of hydrogen-bond donors (Lipinski definition) is 1. The van der Waals surface area contributed by atoms with E-state index in [-0.39, 0.29) is 29.9 Å². The Balaban J connectivity index is 1.74. The molecule has 0 aromatic heterocycles. The zero-order chi connectivity index (χ0) is 16.8. The van der Waals surface area contributed by atoms with Gasteiger partial charge in [0.2, 0.25) is 11.8 Å². The number of carbonyl (C=O) groups excluding carboxylic acids is 2. The summed E-state index contributed by atoms with van der Waals surface area (Å²) in [6.07, 6.45) is 6.75. The molecule has 0 saturated carbocycles. The molecule has 6 heteroatoms. The topological polar surface area (TPSA) is 76.4 Å². The zero-order valence-electron chi connectivity index (χ0n) is 14.3. The van der Waals surface area contributed by atoms with Crippen LogP contribution < -0.4 is 5.32 Å². The molecule has 0 aromatic rings. The molecule has 3 atom stereocenters. The van der Waals surface area contributed by atoms with Gasteiger partial charge in [-0.05, 0) is 32.7 Å². The number of unbranched alkanes of at least 4 members (excludes halogenated alkanes) is 3. The van der Waals surface area contributed by atoms with Gasteiger partial charge in [-0.15, -0.1) is 0 Å². The van der Waals surface area contributed by atoms with E-state index in [1.54, 1.807) is 4.90 Å². The Kier molecular flexibility index (Phi) is 6.40. The molecule has 0 aromatic carbocycles. The molecule has 23 heavy (non-hydrogen) atoms. The highest BCUT2D eigenvalue weighted by molar-refractivity contribution is 5.89. The van der Waals surface area contributed by atoms with Crippen LogP contribution in [0.25, 0.3) is 0 Å². The monoisotopic (exact) mass is 320 g/mol. The standard InChI is InChI=1S/C17H28N4O2/c1-3-4-5-6-9-19-16(22)14-11-15(20(14)2)17(23)21-10-7-8-13(21)12-18/h13-15H,3-11H2,1-2H3,(H,19,22)/t13-,14?,15?/m0/s1. The van der Waals surface area contributed by atoms with Gasteiger partial charge in [0.15, 0.2) is 0 Å². The summed E-state index contributed by atoms with van der Waals surface area (Å²) in [7, 11) is 1.82. The van der Waals surface area contributed by atoms with Crippen molar-refractivity contribution in [3.63, 3.8) is 0 Å². The van der Waals surface area contributed by atoms with Crippen LogP contribution in [-0.2, 0) is 9.59 Å². The first-order valence-corrected chi connectivity index (χ1v) is 8.79. The van der Waals surface area contributed by atoms with Crippen molar-refractivity contribution in [2.24, 2.45) is 0 Å². The van der Waals surface area contributed by atoms with Crippen molar-refractivity contribution < 1.29 is 9.59 Å². The van der Waals surface area contributed by atoms with Crippen molar-refractivity contribution in [1.82, 2.24) is 15.1 Å². The molecule has 128 valence electrons. The number of likely N-dealkylation sites (tertiary alicyclic amines) is 2. The number of hydrogen-bond acceptors (Lipinski definition) is 4. The first-order valence-electron chi connectivity index (χ1n) is 8.79. The van der Waals surface area contributed by atoms with Crippen LogP contribution in [0.5, 0.6) is 0 Å². The minimum Gasteiger partial charge on any atom is -0.355 e. The largest absolute Gasteiger partial charge is 0.355 e. The van der Waals surface area contributed by atoms with Crippen LogP contribution in [0.4, 0.5) is 0 Å². The first-order chi connectivity index (χ1) is 11.1. The average Bonchev–Trinajstić information content (AvgIpc) is 3.01. The lowest BCUT2D eigenvalue weighted by Gasteiger charge is -2.45. The smallest absolute Gasteiger partial charge is 0.241 e. The maximum absolute atomic E-state index is 12.5. The number of nitrogens with one attached hydrogen (secondary N) is 1. The maximum Gasteiger partial charge on any atom is 0.241 e. The van der Waals surface area contributed by atoms with Gasteiger partial charge < -0.3 is 10.2 Å². The fourth-order valence-corrected chi connectivity index (χ4v) is 3.43. The number of rotatable bonds is 7. The molecule has 0 bridgehead atoms. The van der Waals surface area contributed by atoms with Crippen molar-refractivity contribution in [2.75, 3.05) is 20.1 Å². The summed E-state index contributed by atoms with van der Waals surface area (Å²) in [6.45, 7) is 3.54. The van der Waals surface area contributed by atoms with Gasteiger partial charge in [0, 0.05) is 13.1 Å². The van der Waals surface area contributed by atoms with E-state index in [1.807, 2.05) is 11.9 Å². The molecule has 6 nitrogen and oxygen atoms in total. The summed E-state index contributed by atoms with van der Waals surface area (Å²) in [5.74, 6) is 0.0230. The first kappa shape index (κ1) is 17.7. The lowest BCUT2D eigenvalue weighted by Crippen LogP contribution is -2.65. The third kappa shape index (κ3) is 4.03. The van der Waals surface area contributed by atoms with Gasteiger partial charge in [0.1, 0.15) is 6.04 Å². The summed E-state index contributed by atoms with van der Waals surface area (Å²) in [4.78, 5) is 28.2. The van der Waals surface area contributed by atoms with Gasteiger partial charge in [-0.1, -0.05) is 26.2 Å². The molecule has 2 unspecified atom stereocenters. The Hall–Kier alpha value is -1.61. The molecule has 2 amide bonds. The van der Waals surface area contributed by atoms with E-state index >= 15 is 0 Å². The summed E-state index contributed by atoms with van der Waals surface area (Å²) >= 11 is 0. The molecule has 2 aliphatic heterocycles. The number of carbonyl (C=O) groups is 2. The summed E-state index contributed by atoms with van der Waals surface area (Å²) in [5, 5.41) is 12.1. The van der Waals surface area contributed by atoms with E-state index in [9.17, 15) is 9.59 Å². The highest BCUT2D eigenvalue weighted by Gasteiger charge is 2.47. The fraction of sp³-hybridized carbons (Fsp3) is 0.824. The van der Waals surface area contributed by atoms with Crippen molar-refractivity contribution in [1.29, 1.82) is 5.26 Å². The van der Waals surface area contributed by atoms with Crippen molar-refractivity contribution >= 4 is 11.8 Å². The second-order valence-electron chi connectivity index (χ2n) is 6.60. The average molecular weight is 320 g/mol. The predicted molar refractivity (Wildman–Crippen MR) is 87.5 cm³/mol. The Morgan fingerprint density at radius 1 is 1.26 bits per heavy atom. The molecular weight excluding hydrogens is 292 g/mol. The zero-order valence-corrected chi connectivity index (χ0v) is 14.3. The van der Waals surface area contributed by atoms with Gasteiger partial charge in [0.25, 0.3) is 0 Å². The molecule has 2 rings (SSSR count). The summed E-state index contributed by atoms with van der Waals surface area (Å²) in [5.41, 5.74) is 0. The van der Waals surface area contributed by atoms with E-state index in [0.717, 1.165) is 25.7 Å². The normalized spacial score (nSPS) is 27.3. The van der Waals surface area contributed by atoms with E-state index < -0.39 is 0 Å². The molecule has 2 saturated heterocycles. The molecule has 0 aliphatic carbocycles. The van der Waals surface area contributed by atoms with E-state index in [2.05, 4.69) is 18.3 Å². The predicted octanol–water partition coefficient (Wildman–Crippen LogP) is 1.27. The minimum absolute atomic E-state index is 0.00328. The number of likely N-dealkylation sites (N-methyl/N-ethyl adjacent to an activating group) is 1. The van der Waals surface area contributed by atoms with Crippen LogP contribution in [0.2, 0.25) is 0 Å². The fourth-order valence-electron chi connectivity index (χ4n) is 3.43. The van der Waals surface area contributed by atoms with Crippen LogP contribution >= 0.6 is 0 Å². The number of nitrogens with zero attached hydrogens (tertiary/aromatic N) is 3. The van der Waals surface area contributed by atoms with Crippen molar-refractivity contribution in [3.05, 3.63) is 0 Å². The number of amides is 2. The van der Waals surface area contributed by atoms with Crippen molar-refractivity contribution in [2.45, 2.75) is 70.0 Å². The van der Waals surface area contributed by atoms with Crippen LogP contribution in [-0.4, -0.2) is 59.9 Å². The molecule has 1 N–H and O–H groups in total. The van der Waals surface area contributed by atoms with Gasteiger partial charge in [-0.25, -0.2) is 0 Å². The Morgan fingerprint density at radius 3 is 2.70 bits per heavy atom. The molecule has 2 fully saturated rings. The third-order valence-corrected chi connectivity index (χ3v) is 5.03. The molecule has 2 aliphatic rings. The van der Waals surface area contributed by atoms with E-state index in [4.69, 9.17) is 5.26 Å². The van der Waals surface area contributed by atoms with Gasteiger partial charge >= 0.3 is 0 Å². The Labute approximate surface area is 138 Å². The van der Waals surface area contributed by atoms with Gasteiger partial charge in [0.05, 0.1) is 18.2 Å². The Morgan fingerprint density at radius 2 is 2.04 bits per heavy atom. The molecule has 0 radical (unpaired) electrons. The van der Waals surface area contributed by atoms with E-state index in [1.165, 1.54) is 12.8 Å². The molecule has 2 heterocycles. The summed E-state index contributed by atoms with van der Waals surface area (Å²) in [6, 6.07) is 1.45. The lowest BCUT2D eigenvalue weighted by atomic mass is 9.91. The highest BCUT2D eigenvalue weighted by atomic mass is 16.2. The second kappa shape index (κ2) is 8.30. The van der Waals surface area contributed by atoms with Crippen LogP contribution in [0.15, 0.2) is 0 Å². The Bertz CT molecular complexity index is 474. The van der Waals surface area contributed by atoms with Crippen LogP contribution in [0, 0.1) is 11.3 Å². The number of nitriles is 1. The third-order valence-electron chi connectivity index (χ3n) is 5.03. The van der Waals surface area contributed by atoms with Gasteiger partial charge in [-0.2, -0.15) is 5.26 Å². The van der Waals surface area contributed by atoms with Crippen LogP contribution in [0.1, 0.15) is 51.9 Å². The van der Waals surface area contributed by atoms with Gasteiger partial charge in [-0.3, -0.25) is 14.5 Å². The SMILES string of the molecule is CCCCCCNC(=O)C1CC(C(=O)N2CCC[C@H]2C#N)N1C. The lowest BCUT2D eigenvalue weighted by molar-refractivity contribution is -0.149. The minimum atomic E-state index is -0.289. The highest BCUT2D eigenvalue weighted by Crippen LogP contribution is 2.28. The molecule has 0 spiro atoms.